The van der Waals surface area contributed by atoms with Gasteiger partial charge in [0.05, 0.1) is 11.4 Å². The fourth-order valence-corrected chi connectivity index (χ4v) is 4.32. The lowest BCUT2D eigenvalue weighted by Gasteiger charge is -2.18. The predicted octanol–water partition coefficient (Wildman–Crippen LogP) is 3.11. The van der Waals surface area contributed by atoms with E-state index in [1.54, 1.807) is 56.7 Å². The van der Waals surface area contributed by atoms with E-state index in [1.165, 1.54) is 11.0 Å². The van der Waals surface area contributed by atoms with Gasteiger partial charge in [0.1, 0.15) is 5.82 Å². The van der Waals surface area contributed by atoms with E-state index in [1.807, 2.05) is 24.6 Å². The first-order valence-corrected chi connectivity index (χ1v) is 10.6. The fraction of sp³-hybridized carbons (Fsp3) is 0.238. The summed E-state index contributed by atoms with van der Waals surface area (Å²) in [6.07, 6.45) is 3.47. The average molecular weight is 413 g/mol. The Kier molecular flexibility index (Phi) is 5.74. The summed E-state index contributed by atoms with van der Waals surface area (Å²) in [5.41, 5.74) is 2.29. The highest BCUT2D eigenvalue weighted by Gasteiger charge is 2.21. The summed E-state index contributed by atoms with van der Waals surface area (Å²) in [7, 11) is -0.318. The Morgan fingerprint density at radius 3 is 2.59 bits per heavy atom. The number of nitrogens with one attached hydrogen (secondary N) is 1. The maximum absolute atomic E-state index is 12.9. The van der Waals surface area contributed by atoms with E-state index >= 15 is 0 Å². The van der Waals surface area contributed by atoms with Crippen molar-refractivity contribution in [2.75, 3.05) is 11.8 Å². The minimum atomic E-state index is -3.84. The summed E-state index contributed by atoms with van der Waals surface area (Å²) in [4.78, 5) is 18.7. The Morgan fingerprint density at radius 2 is 1.93 bits per heavy atom. The van der Waals surface area contributed by atoms with Crippen LogP contribution in [0.4, 0.5) is 5.69 Å². The molecule has 0 aliphatic carbocycles. The molecule has 0 bridgehead atoms. The van der Waals surface area contributed by atoms with E-state index < -0.39 is 10.0 Å². The van der Waals surface area contributed by atoms with E-state index in [4.69, 9.17) is 0 Å². The number of imidazole rings is 1. The summed E-state index contributed by atoms with van der Waals surface area (Å²) >= 11 is 0. The second kappa shape index (κ2) is 8.08. The number of hydrogen-bond acceptors (Lipinski definition) is 4. The third-order valence-electron chi connectivity index (χ3n) is 4.64. The van der Waals surface area contributed by atoms with E-state index in [2.05, 4.69) is 9.71 Å². The van der Waals surface area contributed by atoms with Gasteiger partial charge in [0.25, 0.3) is 15.9 Å². The zero-order chi connectivity index (χ0) is 21.2. The molecule has 0 saturated carbocycles. The number of carbonyl (C=O) groups excluding carboxylic acids is 1. The molecule has 1 aromatic heterocycles. The molecule has 152 valence electrons. The van der Waals surface area contributed by atoms with Crippen molar-refractivity contribution in [1.82, 2.24) is 14.5 Å². The normalized spacial score (nSPS) is 11.3. The SMILES string of the molecule is Cc1cccc(NS(=O)(=O)c2cc(C(=O)N(C)Cc3nccn3C)ccc2C)c1. The number of nitrogens with zero attached hydrogens (tertiary/aromatic N) is 3. The van der Waals surface area contributed by atoms with Gasteiger partial charge in [-0.25, -0.2) is 13.4 Å². The van der Waals surface area contributed by atoms with Crippen molar-refractivity contribution in [2.24, 2.45) is 7.05 Å². The molecule has 0 radical (unpaired) electrons. The third-order valence-corrected chi connectivity index (χ3v) is 6.16. The number of rotatable bonds is 6. The minimum Gasteiger partial charge on any atom is -0.337 e. The monoisotopic (exact) mass is 412 g/mol. The number of aromatic nitrogens is 2. The number of hydrogen-bond donors (Lipinski definition) is 1. The molecule has 0 fully saturated rings. The first kappa shape index (κ1) is 20.6. The van der Waals surface area contributed by atoms with E-state index in [-0.39, 0.29) is 10.8 Å². The van der Waals surface area contributed by atoms with Crippen LogP contribution >= 0.6 is 0 Å². The molecule has 8 heteroatoms. The molecule has 1 heterocycles. The zero-order valence-corrected chi connectivity index (χ0v) is 17.7. The van der Waals surface area contributed by atoms with Gasteiger partial charge in [-0.15, -0.1) is 0 Å². The van der Waals surface area contributed by atoms with Gasteiger partial charge in [-0.05, 0) is 49.2 Å². The molecule has 0 aliphatic heterocycles. The average Bonchev–Trinajstić information content (AvgIpc) is 3.05. The van der Waals surface area contributed by atoms with Crippen LogP contribution in [0.15, 0.2) is 59.8 Å². The highest BCUT2D eigenvalue weighted by molar-refractivity contribution is 7.92. The summed E-state index contributed by atoms with van der Waals surface area (Å²) in [6, 6.07) is 11.8. The quantitative estimate of drug-likeness (QED) is 0.674. The van der Waals surface area contributed by atoms with Gasteiger partial charge < -0.3 is 9.47 Å². The van der Waals surface area contributed by atoms with Crippen LogP contribution in [0.2, 0.25) is 0 Å². The third kappa shape index (κ3) is 4.65. The highest BCUT2D eigenvalue weighted by Crippen LogP contribution is 2.22. The summed E-state index contributed by atoms with van der Waals surface area (Å²) in [5.74, 6) is 0.460. The second-order valence-electron chi connectivity index (χ2n) is 7.07. The second-order valence-corrected chi connectivity index (χ2v) is 8.72. The van der Waals surface area contributed by atoms with Crippen LogP contribution in [0.5, 0.6) is 0 Å². The molecule has 29 heavy (non-hydrogen) atoms. The van der Waals surface area contributed by atoms with Crippen LogP contribution in [-0.4, -0.2) is 35.8 Å². The lowest BCUT2D eigenvalue weighted by Crippen LogP contribution is -2.28. The molecule has 2 aromatic carbocycles. The van der Waals surface area contributed by atoms with Crippen molar-refractivity contribution >= 4 is 21.6 Å². The first-order chi connectivity index (χ1) is 13.7. The molecule has 0 atom stereocenters. The summed E-state index contributed by atoms with van der Waals surface area (Å²) in [5, 5.41) is 0. The lowest BCUT2D eigenvalue weighted by atomic mass is 10.1. The molecular weight excluding hydrogens is 388 g/mol. The summed E-state index contributed by atoms with van der Waals surface area (Å²) in [6.45, 7) is 3.91. The Balaban J connectivity index is 1.87. The van der Waals surface area contributed by atoms with Crippen LogP contribution in [0, 0.1) is 13.8 Å². The smallest absolute Gasteiger partial charge is 0.262 e. The molecule has 0 unspecified atom stereocenters. The highest BCUT2D eigenvalue weighted by atomic mass is 32.2. The number of benzene rings is 2. The van der Waals surface area contributed by atoms with Gasteiger partial charge in [-0.3, -0.25) is 9.52 Å². The number of sulfonamides is 1. The molecule has 3 rings (SSSR count). The standard InChI is InChI=1S/C21H24N4O3S/c1-15-6-5-7-18(12-15)23-29(27,28)19-13-17(9-8-16(19)2)21(26)25(4)14-20-22-10-11-24(20)3/h5-13,23H,14H2,1-4H3. The number of amides is 1. The maximum Gasteiger partial charge on any atom is 0.262 e. The van der Waals surface area contributed by atoms with E-state index in [9.17, 15) is 13.2 Å². The van der Waals surface area contributed by atoms with Gasteiger partial charge >= 0.3 is 0 Å². The van der Waals surface area contributed by atoms with Crippen molar-refractivity contribution in [3.05, 3.63) is 77.4 Å². The molecule has 3 aromatic rings. The Labute approximate surface area is 171 Å². The predicted molar refractivity (Wildman–Crippen MR) is 112 cm³/mol. The maximum atomic E-state index is 12.9. The molecule has 0 aliphatic rings. The van der Waals surface area contributed by atoms with Crippen molar-refractivity contribution in [2.45, 2.75) is 25.3 Å². The number of carbonyl (C=O) groups is 1. The molecular formula is C21H24N4O3S. The fourth-order valence-electron chi connectivity index (χ4n) is 2.99. The van der Waals surface area contributed by atoms with Crippen LogP contribution < -0.4 is 4.72 Å². The molecule has 1 N–H and O–H groups in total. The number of anilines is 1. The molecule has 0 saturated heterocycles. The van der Waals surface area contributed by atoms with Crippen molar-refractivity contribution in [3.63, 3.8) is 0 Å². The minimum absolute atomic E-state index is 0.0789. The summed E-state index contributed by atoms with van der Waals surface area (Å²) < 4.78 is 30.3. The van der Waals surface area contributed by atoms with Gasteiger partial charge in [0.2, 0.25) is 0 Å². The largest absolute Gasteiger partial charge is 0.337 e. The molecule has 7 nitrogen and oxygen atoms in total. The van der Waals surface area contributed by atoms with Gasteiger partial charge in [0, 0.05) is 37.7 Å². The Bertz CT molecular complexity index is 1150. The number of aryl methyl sites for hydroxylation is 3. The van der Waals surface area contributed by atoms with Crippen molar-refractivity contribution < 1.29 is 13.2 Å². The Morgan fingerprint density at radius 1 is 1.17 bits per heavy atom. The molecule has 1 amide bonds. The van der Waals surface area contributed by atoms with Crippen LogP contribution in [0.25, 0.3) is 0 Å². The first-order valence-electron chi connectivity index (χ1n) is 9.09. The van der Waals surface area contributed by atoms with Crippen LogP contribution in [-0.2, 0) is 23.6 Å². The zero-order valence-electron chi connectivity index (χ0n) is 16.9. The van der Waals surface area contributed by atoms with Crippen molar-refractivity contribution in [3.8, 4) is 0 Å². The lowest BCUT2D eigenvalue weighted by molar-refractivity contribution is 0.0780. The topological polar surface area (TPSA) is 84.3 Å². The van der Waals surface area contributed by atoms with Crippen molar-refractivity contribution in [1.29, 1.82) is 0 Å². The molecule has 0 spiro atoms. The van der Waals surface area contributed by atoms with E-state index in [0.29, 0.717) is 23.4 Å². The van der Waals surface area contributed by atoms with Crippen LogP contribution in [0.1, 0.15) is 27.3 Å². The van der Waals surface area contributed by atoms with E-state index in [0.717, 1.165) is 11.4 Å². The van der Waals surface area contributed by atoms with Gasteiger partial charge in [-0.2, -0.15) is 0 Å². The van der Waals surface area contributed by atoms with Gasteiger partial charge in [0.15, 0.2) is 0 Å². The van der Waals surface area contributed by atoms with Crippen LogP contribution in [0.3, 0.4) is 0 Å². The Hall–Kier alpha value is -3.13. The van der Waals surface area contributed by atoms with Gasteiger partial charge in [-0.1, -0.05) is 18.2 Å².